The summed E-state index contributed by atoms with van der Waals surface area (Å²) >= 11 is 6.28. The molecular weight excluding hydrogens is 303 g/mol. The Bertz CT molecular complexity index is 634. The summed E-state index contributed by atoms with van der Waals surface area (Å²) in [6.45, 7) is 0. The molecule has 0 aliphatic heterocycles. The van der Waals surface area contributed by atoms with E-state index in [0.29, 0.717) is 0 Å². The molecule has 0 spiro atoms. The van der Waals surface area contributed by atoms with Crippen LogP contribution in [0.15, 0.2) is 36.4 Å². The number of carbonyl (C=O) groups excluding carboxylic acids is 1. The molecular formula is C14H12ClLiN2O4. The predicted octanol–water partition coefficient (Wildman–Crippen LogP) is -2.27. The van der Waals surface area contributed by atoms with Gasteiger partial charge in [0.1, 0.15) is 0 Å². The molecule has 0 aliphatic carbocycles. The van der Waals surface area contributed by atoms with Crippen molar-refractivity contribution in [3.63, 3.8) is 0 Å². The summed E-state index contributed by atoms with van der Waals surface area (Å²) in [5.74, 6) is -1.45. The molecule has 0 saturated heterocycles. The predicted molar refractivity (Wildman–Crippen MR) is 73.2 cm³/mol. The second-order valence-corrected chi connectivity index (χ2v) is 4.66. The average Bonchev–Trinajstić information content (AvgIpc) is 2.54. The second-order valence-electron chi connectivity index (χ2n) is 4.09. The van der Waals surface area contributed by atoms with Crippen molar-refractivity contribution in [2.45, 2.75) is 4.87 Å². The molecule has 110 valence electrons. The Balaban J connectivity index is 0.00000242. The average molecular weight is 315 g/mol. The van der Waals surface area contributed by atoms with Crippen LogP contribution in [-0.4, -0.2) is 30.2 Å². The second kappa shape index (κ2) is 7.50. The first kappa shape index (κ1) is 18.3. The summed E-state index contributed by atoms with van der Waals surface area (Å²) in [7, 11) is 2.78. The minimum atomic E-state index is -2.04. The van der Waals surface area contributed by atoms with Crippen molar-refractivity contribution in [1.82, 2.24) is 9.97 Å². The van der Waals surface area contributed by atoms with Gasteiger partial charge in [0.05, 0.1) is 26.3 Å². The minimum absolute atomic E-state index is 0. The first-order valence-corrected chi connectivity index (χ1v) is 6.33. The van der Waals surface area contributed by atoms with Crippen molar-refractivity contribution < 1.29 is 38.2 Å². The van der Waals surface area contributed by atoms with Crippen LogP contribution in [0.3, 0.4) is 0 Å². The number of ether oxygens (including phenoxy) is 2. The van der Waals surface area contributed by atoms with E-state index in [4.69, 9.17) is 21.1 Å². The van der Waals surface area contributed by atoms with Crippen LogP contribution < -0.4 is 33.4 Å². The maximum Gasteiger partial charge on any atom is 1.00 e. The number of nitrogens with zero attached hydrogens (tertiary/aromatic N) is 2. The van der Waals surface area contributed by atoms with E-state index in [1.165, 1.54) is 20.3 Å². The molecule has 1 atom stereocenters. The van der Waals surface area contributed by atoms with Crippen LogP contribution in [-0.2, 0) is 9.67 Å². The van der Waals surface area contributed by atoms with E-state index in [9.17, 15) is 9.90 Å². The third-order valence-electron chi connectivity index (χ3n) is 2.86. The number of carboxylic acids is 1. The molecule has 0 radical (unpaired) electrons. The Morgan fingerprint density at radius 3 is 2.05 bits per heavy atom. The molecule has 0 N–H and O–H groups in total. The van der Waals surface area contributed by atoms with Gasteiger partial charge in [0.15, 0.2) is 10.7 Å². The van der Waals surface area contributed by atoms with Crippen molar-refractivity contribution >= 4 is 17.6 Å². The van der Waals surface area contributed by atoms with Crippen LogP contribution in [0.4, 0.5) is 0 Å². The zero-order valence-electron chi connectivity index (χ0n) is 12.4. The van der Waals surface area contributed by atoms with Gasteiger partial charge in [-0.3, -0.25) is 0 Å². The smallest absolute Gasteiger partial charge is 0.547 e. The summed E-state index contributed by atoms with van der Waals surface area (Å²) in [5, 5.41) is 11.6. The number of halogens is 1. The van der Waals surface area contributed by atoms with E-state index < -0.39 is 10.8 Å². The maximum atomic E-state index is 11.6. The number of aromatic nitrogens is 2. The molecule has 1 aromatic heterocycles. The van der Waals surface area contributed by atoms with Gasteiger partial charge in [-0.2, -0.15) is 9.97 Å². The summed E-state index contributed by atoms with van der Waals surface area (Å²) in [6, 6.07) is 9.58. The van der Waals surface area contributed by atoms with Crippen LogP contribution in [0.5, 0.6) is 11.8 Å². The van der Waals surface area contributed by atoms with Gasteiger partial charge in [-0.15, -0.1) is 0 Å². The van der Waals surface area contributed by atoms with E-state index in [-0.39, 0.29) is 42.0 Å². The van der Waals surface area contributed by atoms with Crippen LogP contribution >= 0.6 is 11.6 Å². The van der Waals surface area contributed by atoms with Gasteiger partial charge in [-0.25, -0.2) is 0 Å². The van der Waals surface area contributed by atoms with Gasteiger partial charge in [0.25, 0.3) is 0 Å². The monoisotopic (exact) mass is 314 g/mol. The summed E-state index contributed by atoms with van der Waals surface area (Å²) in [6.07, 6.45) is 0. The van der Waals surface area contributed by atoms with Crippen molar-refractivity contribution in [3.8, 4) is 11.8 Å². The third kappa shape index (κ3) is 3.36. The molecule has 6 nitrogen and oxygen atoms in total. The number of hydrogen-bond acceptors (Lipinski definition) is 6. The number of carbonyl (C=O) groups is 1. The molecule has 0 fully saturated rings. The van der Waals surface area contributed by atoms with E-state index in [1.807, 2.05) is 0 Å². The molecule has 0 amide bonds. The molecule has 22 heavy (non-hydrogen) atoms. The molecule has 0 aliphatic rings. The molecule has 1 heterocycles. The van der Waals surface area contributed by atoms with Gasteiger partial charge < -0.3 is 19.4 Å². The number of benzene rings is 1. The van der Waals surface area contributed by atoms with Gasteiger partial charge in [0.2, 0.25) is 11.8 Å². The topological polar surface area (TPSA) is 84.4 Å². The fourth-order valence-corrected chi connectivity index (χ4v) is 1.98. The van der Waals surface area contributed by atoms with Crippen molar-refractivity contribution in [2.75, 3.05) is 14.2 Å². The number of rotatable bonds is 5. The van der Waals surface area contributed by atoms with Crippen molar-refractivity contribution in [2.24, 2.45) is 0 Å². The Kier molecular flexibility index (Phi) is 6.24. The summed E-state index contributed by atoms with van der Waals surface area (Å²) in [4.78, 5) is 17.6. The van der Waals surface area contributed by atoms with E-state index >= 15 is 0 Å². The third-order valence-corrected chi connectivity index (χ3v) is 3.40. The largest absolute Gasteiger partial charge is 1.00 e. The fraction of sp³-hybridized carbons (Fsp3) is 0.214. The van der Waals surface area contributed by atoms with Crippen LogP contribution in [0, 0.1) is 0 Å². The molecule has 0 bridgehead atoms. The number of hydrogen-bond donors (Lipinski definition) is 0. The number of alkyl halides is 1. The number of aliphatic carboxylic acids is 1. The van der Waals surface area contributed by atoms with Crippen molar-refractivity contribution in [1.29, 1.82) is 0 Å². The molecule has 2 rings (SSSR count). The first-order chi connectivity index (χ1) is 10.0. The van der Waals surface area contributed by atoms with Gasteiger partial charge in [-0.1, -0.05) is 41.9 Å². The minimum Gasteiger partial charge on any atom is -0.547 e. The molecule has 0 saturated carbocycles. The van der Waals surface area contributed by atoms with Gasteiger partial charge in [-0.05, 0) is 5.56 Å². The van der Waals surface area contributed by atoms with Gasteiger partial charge >= 0.3 is 18.9 Å². The zero-order chi connectivity index (χ0) is 15.5. The van der Waals surface area contributed by atoms with Crippen molar-refractivity contribution in [3.05, 3.63) is 47.8 Å². The Morgan fingerprint density at radius 1 is 1.14 bits per heavy atom. The normalized spacial score (nSPS) is 12.7. The number of methoxy groups -OCH3 is 2. The Hall–Kier alpha value is -1.74. The molecule has 8 heteroatoms. The molecule has 1 unspecified atom stereocenters. The van der Waals surface area contributed by atoms with E-state index in [2.05, 4.69) is 9.97 Å². The SMILES string of the molecule is COc1cc(OC)nc(C(Cl)(C(=O)[O-])c2ccccc2)n1.[Li+]. The molecule has 2 aromatic rings. The first-order valence-electron chi connectivity index (χ1n) is 5.95. The Labute approximate surface area is 144 Å². The Morgan fingerprint density at radius 2 is 1.64 bits per heavy atom. The van der Waals surface area contributed by atoms with Gasteiger partial charge in [0, 0.05) is 0 Å². The standard InChI is InChI=1S/C14H13ClN2O4.Li/c1-20-10-8-11(21-2)17-12(16-10)14(15,13(18)19)9-6-4-3-5-7-9;/h3-8H,1-2H3,(H,18,19);/q;+1/p-1. The fourth-order valence-electron chi connectivity index (χ4n) is 1.77. The summed E-state index contributed by atoms with van der Waals surface area (Å²) < 4.78 is 10.0. The molecule has 1 aromatic carbocycles. The summed E-state index contributed by atoms with van der Waals surface area (Å²) in [5.41, 5.74) is 0.280. The maximum absolute atomic E-state index is 11.6. The number of carboxylic acid groups (broad SMARTS) is 1. The van der Waals surface area contributed by atoms with Crippen LogP contribution in [0.2, 0.25) is 0 Å². The van der Waals surface area contributed by atoms with E-state index in [1.54, 1.807) is 30.3 Å². The van der Waals surface area contributed by atoms with Crippen LogP contribution in [0.1, 0.15) is 11.4 Å². The zero-order valence-corrected chi connectivity index (χ0v) is 13.1. The quantitative estimate of drug-likeness (QED) is 0.457. The van der Waals surface area contributed by atoms with E-state index in [0.717, 1.165) is 0 Å². The van der Waals surface area contributed by atoms with Crippen LogP contribution in [0.25, 0.3) is 0 Å².